The minimum atomic E-state index is -1.07. The van der Waals surface area contributed by atoms with E-state index in [1.54, 1.807) is 24.3 Å². The number of aromatic amines is 2. The van der Waals surface area contributed by atoms with E-state index < -0.39 is 21.9 Å². The summed E-state index contributed by atoms with van der Waals surface area (Å²) in [4.78, 5) is 38.2. The Morgan fingerprint density at radius 2 is 1.72 bits per heavy atom. The Hall–Kier alpha value is -4.17. The molecule has 0 fully saturated rings. The highest BCUT2D eigenvalue weighted by Gasteiger charge is 2.19. The molecule has 0 bridgehead atoms. The van der Waals surface area contributed by atoms with E-state index in [1.165, 1.54) is 6.08 Å². The van der Waals surface area contributed by atoms with Crippen LogP contribution in [0.2, 0.25) is 5.02 Å². The summed E-state index contributed by atoms with van der Waals surface area (Å²) in [6.45, 7) is 0.276. The van der Waals surface area contributed by atoms with Gasteiger partial charge in [-0.3, -0.25) is 19.9 Å². The van der Waals surface area contributed by atoms with Crippen LogP contribution in [0.25, 0.3) is 22.9 Å². The molecule has 3 aromatic carbocycles. The summed E-state index contributed by atoms with van der Waals surface area (Å²) in [6.07, 6.45) is 2.91. The number of hydrogen-bond donors (Lipinski definition) is 2. The number of aromatic nitrogens is 2. The first-order valence-corrected chi connectivity index (χ1v) is 9.88. The van der Waals surface area contributed by atoms with Crippen LogP contribution >= 0.6 is 11.6 Å². The maximum atomic E-state index is 11.9. The second-order valence-corrected chi connectivity index (χ2v) is 7.31. The maximum absolute atomic E-state index is 11.9. The van der Waals surface area contributed by atoms with Crippen molar-refractivity contribution in [1.29, 1.82) is 0 Å². The quantitative estimate of drug-likeness (QED) is 0.331. The van der Waals surface area contributed by atoms with Crippen molar-refractivity contribution < 1.29 is 9.66 Å². The molecule has 0 saturated heterocycles. The number of nitrogens with one attached hydrogen (secondary N) is 2. The number of ether oxygens (including phenoxy) is 1. The van der Waals surface area contributed by atoms with Gasteiger partial charge in [0.05, 0.1) is 4.92 Å². The van der Waals surface area contributed by atoms with Crippen molar-refractivity contribution in [2.24, 2.45) is 0 Å². The van der Waals surface area contributed by atoms with Crippen molar-refractivity contribution in [1.82, 2.24) is 9.97 Å². The molecule has 0 unspecified atom stereocenters. The first-order valence-electron chi connectivity index (χ1n) is 9.50. The maximum Gasteiger partial charge on any atom is 0.357 e. The van der Waals surface area contributed by atoms with Crippen LogP contribution in [-0.2, 0) is 6.61 Å². The zero-order valence-electron chi connectivity index (χ0n) is 16.5. The number of halogens is 1. The molecule has 0 amide bonds. The summed E-state index contributed by atoms with van der Waals surface area (Å²) in [5.41, 5.74) is -1.31. The molecule has 1 heterocycles. The van der Waals surface area contributed by atoms with Gasteiger partial charge in [-0.05, 0) is 46.7 Å². The molecule has 1 aromatic heterocycles. The molecular formula is C23H16ClN3O5. The summed E-state index contributed by atoms with van der Waals surface area (Å²) >= 11 is 5.93. The Bertz CT molecular complexity index is 1460. The average Bonchev–Trinajstić information content (AvgIpc) is 2.76. The summed E-state index contributed by atoms with van der Waals surface area (Å²) in [7, 11) is 0. The Labute approximate surface area is 185 Å². The van der Waals surface area contributed by atoms with Crippen LogP contribution in [0.1, 0.15) is 16.8 Å². The van der Waals surface area contributed by atoms with Gasteiger partial charge in [-0.1, -0.05) is 54.1 Å². The summed E-state index contributed by atoms with van der Waals surface area (Å²) in [5, 5.41) is 13.7. The standard InChI is InChI=1S/C23H16ClN3O5/c24-16-8-5-14(6-9-16)13-32-20-12-7-15-3-1-2-4-17(15)18(20)10-11-19-21(27(30)31)22(28)26-23(29)25-19/h1-12H,13H2,(H2,25,26,28,29)/b11-10-. The monoisotopic (exact) mass is 449 g/mol. The van der Waals surface area contributed by atoms with Gasteiger partial charge in [0.1, 0.15) is 18.1 Å². The Morgan fingerprint density at radius 3 is 2.47 bits per heavy atom. The van der Waals surface area contributed by atoms with E-state index in [0.29, 0.717) is 16.3 Å². The molecule has 0 aliphatic heterocycles. The normalized spacial score (nSPS) is 11.2. The number of benzene rings is 3. The van der Waals surface area contributed by atoms with Crippen LogP contribution in [0.3, 0.4) is 0 Å². The lowest BCUT2D eigenvalue weighted by molar-refractivity contribution is -0.386. The van der Waals surface area contributed by atoms with Gasteiger partial charge in [0.15, 0.2) is 0 Å². The number of hydrogen-bond acceptors (Lipinski definition) is 5. The lowest BCUT2D eigenvalue weighted by atomic mass is 10.0. The first-order chi connectivity index (χ1) is 15.4. The molecular weight excluding hydrogens is 434 g/mol. The minimum absolute atomic E-state index is 0.208. The third-order valence-corrected chi connectivity index (χ3v) is 5.03. The molecule has 9 heteroatoms. The van der Waals surface area contributed by atoms with Gasteiger partial charge in [-0.15, -0.1) is 0 Å². The molecule has 4 rings (SSSR count). The van der Waals surface area contributed by atoms with E-state index in [-0.39, 0.29) is 12.3 Å². The van der Waals surface area contributed by atoms with E-state index in [9.17, 15) is 19.7 Å². The lowest BCUT2D eigenvalue weighted by Crippen LogP contribution is -2.25. The Kier molecular flexibility index (Phi) is 5.87. The molecule has 0 radical (unpaired) electrons. The van der Waals surface area contributed by atoms with Crippen LogP contribution in [0.4, 0.5) is 5.69 Å². The third-order valence-electron chi connectivity index (χ3n) is 4.78. The van der Waals surface area contributed by atoms with Gasteiger partial charge < -0.3 is 9.72 Å². The number of fused-ring (bicyclic) bond motifs is 1. The predicted octanol–water partition coefficient (Wildman–Crippen LogP) is 4.53. The van der Waals surface area contributed by atoms with Crippen LogP contribution in [-0.4, -0.2) is 14.9 Å². The van der Waals surface area contributed by atoms with Gasteiger partial charge in [0.25, 0.3) is 0 Å². The van der Waals surface area contributed by atoms with Gasteiger partial charge in [-0.2, -0.15) is 0 Å². The molecule has 0 spiro atoms. The van der Waals surface area contributed by atoms with Crippen LogP contribution in [0.5, 0.6) is 5.75 Å². The van der Waals surface area contributed by atoms with Crippen molar-refractivity contribution in [3.8, 4) is 5.75 Å². The number of H-pyrrole nitrogens is 2. The Balaban J connectivity index is 1.78. The van der Waals surface area contributed by atoms with E-state index in [1.807, 2.05) is 47.4 Å². The SMILES string of the molecule is O=c1[nH]c(/C=C\c2c(OCc3ccc(Cl)cc3)ccc3ccccc23)c([N+](=O)[O-])c(=O)[nH]1. The van der Waals surface area contributed by atoms with Crippen LogP contribution in [0.15, 0.2) is 70.3 Å². The van der Waals surface area contributed by atoms with Crippen molar-refractivity contribution >= 4 is 40.2 Å². The molecule has 8 nitrogen and oxygen atoms in total. The third kappa shape index (κ3) is 4.45. The van der Waals surface area contributed by atoms with Crippen molar-refractivity contribution in [2.45, 2.75) is 6.61 Å². The zero-order valence-corrected chi connectivity index (χ0v) is 17.3. The highest BCUT2D eigenvalue weighted by Crippen LogP contribution is 2.31. The number of rotatable bonds is 6. The number of nitrogens with zero attached hydrogens (tertiary/aromatic N) is 1. The van der Waals surface area contributed by atoms with Gasteiger partial charge in [0.2, 0.25) is 0 Å². The zero-order chi connectivity index (χ0) is 22.7. The van der Waals surface area contributed by atoms with Crippen LogP contribution < -0.4 is 16.0 Å². The van der Waals surface area contributed by atoms with E-state index in [0.717, 1.165) is 16.3 Å². The summed E-state index contributed by atoms with van der Waals surface area (Å²) in [6, 6.07) is 18.5. The fraction of sp³-hybridized carbons (Fsp3) is 0.0435. The van der Waals surface area contributed by atoms with E-state index in [2.05, 4.69) is 4.98 Å². The second kappa shape index (κ2) is 8.91. The molecule has 0 atom stereocenters. The molecule has 0 aliphatic rings. The Morgan fingerprint density at radius 1 is 0.969 bits per heavy atom. The van der Waals surface area contributed by atoms with Gasteiger partial charge >= 0.3 is 16.9 Å². The predicted molar refractivity (Wildman–Crippen MR) is 123 cm³/mol. The first kappa shape index (κ1) is 21.1. The molecule has 0 aliphatic carbocycles. The highest BCUT2D eigenvalue weighted by molar-refractivity contribution is 6.30. The van der Waals surface area contributed by atoms with Crippen molar-refractivity contribution in [3.05, 3.63) is 113 Å². The molecule has 160 valence electrons. The molecule has 32 heavy (non-hydrogen) atoms. The highest BCUT2D eigenvalue weighted by atomic mass is 35.5. The summed E-state index contributed by atoms with van der Waals surface area (Å²) in [5.74, 6) is 0.532. The van der Waals surface area contributed by atoms with E-state index in [4.69, 9.17) is 16.3 Å². The average molecular weight is 450 g/mol. The van der Waals surface area contributed by atoms with Gasteiger partial charge in [0, 0.05) is 10.6 Å². The van der Waals surface area contributed by atoms with E-state index >= 15 is 0 Å². The smallest absolute Gasteiger partial charge is 0.357 e. The lowest BCUT2D eigenvalue weighted by Gasteiger charge is -2.12. The fourth-order valence-corrected chi connectivity index (χ4v) is 3.41. The minimum Gasteiger partial charge on any atom is -0.488 e. The van der Waals surface area contributed by atoms with Crippen molar-refractivity contribution in [3.63, 3.8) is 0 Å². The largest absolute Gasteiger partial charge is 0.488 e. The topological polar surface area (TPSA) is 118 Å². The molecule has 2 N–H and O–H groups in total. The number of nitro groups is 1. The summed E-state index contributed by atoms with van der Waals surface area (Å²) < 4.78 is 6.02. The molecule has 0 saturated carbocycles. The van der Waals surface area contributed by atoms with Gasteiger partial charge in [-0.25, -0.2) is 4.79 Å². The second-order valence-electron chi connectivity index (χ2n) is 6.87. The fourth-order valence-electron chi connectivity index (χ4n) is 3.28. The van der Waals surface area contributed by atoms with Crippen LogP contribution in [0, 0.1) is 10.1 Å². The van der Waals surface area contributed by atoms with Crippen molar-refractivity contribution in [2.75, 3.05) is 0 Å². The molecule has 4 aromatic rings.